The SMILES string of the molecule is NS(=O)(=O)c1ccc(Oc2cccc(C(F)(F)F)c2)c([N+](=O)[O-])c1Cl. The van der Waals surface area contributed by atoms with Crippen molar-refractivity contribution in [1.29, 1.82) is 0 Å². The molecule has 2 aromatic carbocycles. The number of ether oxygens (including phenoxy) is 1. The third-order valence-electron chi connectivity index (χ3n) is 2.92. The molecule has 0 saturated carbocycles. The number of halogens is 4. The molecule has 0 aliphatic heterocycles. The van der Waals surface area contributed by atoms with Crippen LogP contribution in [0.5, 0.6) is 11.5 Å². The number of nitro benzene ring substituents is 1. The molecular formula is C13H8ClF3N2O5S. The van der Waals surface area contributed by atoms with Crippen LogP contribution in [0.15, 0.2) is 41.3 Å². The molecule has 0 heterocycles. The van der Waals surface area contributed by atoms with Crippen molar-refractivity contribution in [3.05, 3.63) is 57.1 Å². The maximum atomic E-state index is 12.7. The van der Waals surface area contributed by atoms with Crippen LogP contribution in [-0.2, 0) is 16.2 Å². The Morgan fingerprint density at radius 2 is 1.84 bits per heavy atom. The molecule has 0 aromatic heterocycles. The highest BCUT2D eigenvalue weighted by molar-refractivity contribution is 7.89. The molecule has 0 aliphatic rings. The lowest BCUT2D eigenvalue weighted by molar-refractivity contribution is -0.385. The number of nitro groups is 1. The highest BCUT2D eigenvalue weighted by Gasteiger charge is 2.31. The molecule has 0 amide bonds. The summed E-state index contributed by atoms with van der Waals surface area (Å²) in [5.74, 6) is -0.890. The lowest BCUT2D eigenvalue weighted by Crippen LogP contribution is -2.13. The molecule has 0 aliphatic carbocycles. The smallest absolute Gasteiger partial charge is 0.416 e. The molecule has 0 atom stereocenters. The number of primary sulfonamides is 1. The number of nitrogens with zero attached hydrogens (tertiary/aromatic N) is 1. The van der Waals surface area contributed by atoms with Gasteiger partial charge in [-0.3, -0.25) is 10.1 Å². The van der Waals surface area contributed by atoms with Gasteiger partial charge in [-0.25, -0.2) is 13.6 Å². The first kappa shape index (κ1) is 19.0. The first-order chi connectivity index (χ1) is 11.4. The zero-order chi connectivity index (χ0) is 19.0. The van der Waals surface area contributed by atoms with Crippen LogP contribution in [0.3, 0.4) is 0 Å². The minimum absolute atomic E-state index is 0.350. The Morgan fingerprint density at radius 1 is 1.20 bits per heavy atom. The molecule has 0 fully saturated rings. The fraction of sp³-hybridized carbons (Fsp3) is 0.0769. The fourth-order valence-electron chi connectivity index (χ4n) is 1.86. The van der Waals surface area contributed by atoms with Gasteiger partial charge in [-0.1, -0.05) is 17.7 Å². The van der Waals surface area contributed by atoms with E-state index in [0.717, 1.165) is 30.3 Å². The molecule has 2 aromatic rings. The molecule has 0 spiro atoms. The predicted octanol–water partition coefficient (Wildman–Crippen LogP) is 3.71. The number of rotatable bonds is 4. The largest absolute Gasteiger partial charge is 0.450 e. The first-order valence-electron chi connectivity index (χ1n) is 6.26. The fourth-order valence-corrected chi connectivity index (χ4v) is 3.02. The van der Waals surface area contributed by atoms with Crippen LogP contribution in [0.2, 0.25) is 5.02 Å². The minimum Gasteiger partial charge on any atom is -0.450 e. The van der Waals surface area contributed by atoms with E-state index >= 15 is 0 Å². The zero-order valence-corrected chi connectivity index (χ0v) is 13.5. The number of alkyl halides is 3. The summed E-state index contributed by atoms with van der Waals surface area (Å²) in [6, 6.07) is 5.34. The average Bonchev–Trinajstić information content (AvgIpc) is 2.45. The van der Waals surface area contributed by atoms with Crippen LogP contribution in [0.1, 0.15) is 5.56 Å². The standard InChI is InChI=1S/C13H8ClF3N2O5S/c14-11-10(25(18,22)23)5-4-9(12(11)19(20)21)24-8-3-1-2-7(6-8)13(15,16)17/h1-6H,(H2,18,22,23). The maximum Gasteiger partial charge on any atom is 0.416 e. The van der Waals surface area contributed by atoms with Crippen molar-refractivity contribution in [2.75, 3.05) is 0 Å². The van der Waals surface area contributed by atoms with E-state index in [9.17, 15) is 31.7 Å². The number of hydrogen-bond acceptors (Lipinski definition) is 5. The lowest BCUT2D eigenvalue weighted by atomic mass is 10.2. The summed E-state index contributed by atoms with van der Waals surface area (Å²) in [7, 11) is -4.35. The Kier molecular flexibility index (Phi) is 4.93. The van der Waals surface area contributed by atoms with Crippen LogP contribution < -0.4 is 9.88 Å². The highest BCUT2D eigenvalue weighted by Crippen LogP contribution is 2.41. The molecule has 25 heavy (non-hydrogen) atoms. The molecule has 0 saturated heterocycles. The van der Waals surface area contributed by atoms with Gasteiger partial charge in [-0.15, -0.1) is 0 Å². The van der Waals surface area contributed by atoms with E-state index in [4.69, 9.17) is 21.5 Å². The second-order valence-corrected chi connectivity index (χ2v) is 6.56. The molecule has 0 radical (unpaired) electrons. The summed E-state index contributed by atoms with van der Waals surface area (Å²) >= 11 is 5.70. The number of hydrogen-bond donors (Lipinski definition) is 1. The van der Waals surface area contributed by atoms with Crippen LogP contribution >= 0.6 is 11.6 Å². The summed E-state index contributed by atoms with van der Waals surface area (Å²) in [5, 5.41) is 15.3. The maximum absolute atomic E-state index is 12.7. The summed E-state index contributed by atoms with van der Waals surface area (Å²) < 4.78 is 65.9. The normalized spacial score (nSPS) is 12.0. The summed E-state index contributed by atoms with van der Waals surface area (Å²) in [6.45, 7) is 0. The molecule has 2 rings (SSSR count). The van der Waals surface area contributed by atoms with Crippen LogP contribution in [-0.4, -0.2) is 13.3 Å². The van der Waals surface area contributed by atoms with E-state index < -0.39 is 48.0 Å². The van der Waals surface area contributed by atoms with E-state index in [0.29, 0.717) is 6.07 Å². The number of nitrogens with two attached hydrogens (primary N) is 1. The topological polar surface area (TPSA) is 113 Å². The van der Waals surface area contributed by atoms with Gasteiger partial charge in [0.15, 0.2) is 0 Å². The van der Waals surface area contributed by atoms with Crippen molar-refractivity contribution in [1.82, 2.24) is 0 Å². The third kappa shape index (κ3) is 4.18. The van der Waals surface area contributed by atoms with Crippen LogP contribution in [0.4, 0.5) is 18.9 Å². The molecule has 0 unspecified atom stereocenters. The Balaban J connectivity index is 2.54. The number of sulfonamides is 1. The van der Waals surface area contributed by atoms with Crippen molar-refractivity contribution in [3.63, 3.8) is 0 Å². The van der Waals surface area contributed by atoms with Crippen molar-refractivity contribution in [3.8, 4) is 11.5 Å². The van der Waals surface area contributed by atoms with Gasteiger partial charge in [-0.2, -0.15) is 13.2 Å². The van der Waals surface area contributed by atoms with Gasteiger partial charge in [0.25, 0.3) is 0 Å². The lowest BCUT2D eigenvalue weighted by Gasteiger charge is -2.11. The van der Waals surface area contributed by atoms with E-state index in [1.807, 2.05) is 0 Å². The van der Waals surface area contributed by atoms with Crippen molar-refractivity contribution >= 4 is 27.3 Å². The monoisotopic (exact) mass is 396 g/mol. The number of benzene rings is 2. The van der Waals surface area contributed by atoms with E-state index in [1.165, 1.54) is 0 Å². The van der Waals surface area contributed by atoms with Crippen LogP contribution in [0, 0.1) is 10.1 Å². The summed E-state index contributed by atoms with van der Waals surface area (Å²) in [5.41, 5.74) is -1.97. The van der Waals surface area contributed by atoms with Gasteiger partial charge >= 0.3 is 11.9 Å². The van der Waals surface area contributed by atoms with Gasteiger partial charge in [0, 0.05) is 0 Å². The first-order valence-corrected chi connectivity index (χ1v) is 8.18. The van der Waals surface area contributed by atoms with E-state index in [1.54, 1.807) is 0 Å². The van der Waals surface area contributed by atoms with Crippen molar-refractivity contribution in [2.24, 2.45) is 5.14 Å². The second kappa shape index (κ2) is 6.50. The van der Waals surface area contributed by atoms with Gasteiger partial charge in [0.2, 0.25) is 15.8 Å². The zero-order valence-electron chi connectivity index (χ0n) is 12.0. The second-order valence-electron chi connectivity index (χ2n) is 4.65. The van der Waals surface area contributed by atoms with Gasteiger partial charge in [-0.05, 0) is 30.3 Å². The Labute approximate surface area is 144 Å². The van der Waals surface area contributed by atoms with E-state index in [2.05, 4.69) is 0 Å². The van der Waals surface area contributed by atoms with E-state index in [-0.39, 0.29) is 5.75 Å². The van der Waals surface area contributed by atoms with Gasteiger partial charge in [0.05, 0.1) is 10.5 Å². The Hall–Kier alpha value is -2.37. The van der Waals surface area contributed by atoms with Gasteiger partial charge < -0.3 is 4.74 Å². The highest BCUT2D eigenvalue weighted by atomic mass is 35.5. The minimum atomic E-state index is -4.64. The predicted molar refractivity (Wildman–Crippen MR) is 81.0 cm³/mol. The van der Waals surface area contributed by atoms with Crippen molar-refractivity contribution in [2.45, 2.75) is 11.1 Å². The van der Waals surface area contributed by atoms with Crippen molar-refractivity contribution < 1.29 is 31.2 Å². The molecular weight excluding hydrogens is 389 g/mol. The quantitative estimate of drug-likeness (QED) is 0.625. The molecule has 134 valence electrons. The van der Waals surface area contributed by atoms with Crippen LogP contribution in [0.25, 0.3) is 0 Å². The Bertz CT molecular complexity index is 947. The summed E-state index contributed by atoms with van der Waals surface area (Å²) in [6.07, 6.45) is -4.64. The molecule has 12 heteroatoms. The Morgan fingerprint density at radius 3 is 2.36 bits per heavy atom. The molecule has 7 nitrogen and oxygen atoms in total. The van der Waals surface area contributed by atoms with Gasteiger partial charge in [0.1, 0.15) is 15.7 Å². The third-order valence-corrected chi connectivity index (χ3v) is 4.37. The average molecular weight is 397 g/mol. The molecule has 2 N–H and O–H groups in total. The molecule has 0 bridgehead atoms. The summed E-state index contributed by atoms with van der Waals surface area (Å²) in [4.78, 5) is 9.42.